The van der Waals surface area contributed by atoms with Gasteiger partial charge in [-0.25, -0.2) is 0 Å². The van der Waals surface area contributed by atoms with Crippen molar-refractivity contribution in [2.24, 2.45) is 7.05 Å². The van der Waals surface area contributed by atoms with Crippen molar-refractivity contribution < 1.29 is 9.53 Å². The summed E-state index contributed by atoms with van der Waals surface area (Å²) < 4.78 is 7.65. The predicted molar refractivity (Wildman–Crippen MR) is 89.0 cm³/mol. The Hall–Kier alpha value is -2.25. The fourth-order valence-corrected chi connectivity index (χ4v) is 2.86. The molecule has 7 heteroatoms. The van der Waals surface area contributed by atoms with Crippen molar-refractivity contribution in [3.8, 4) is 0 Å². The minimum atomic E-state index is -0.215. The van der Waals surface area contributed by atoms with E-state index >= 15 is 0 Å². The van der Waals surface area contributed by atoms with E-state index in [1.54, 1.807) is 6.33 Å². The van der Waals surface area contributed by atoms with Crippen molar-refractivity contribution in [1.29, 1.82) is 0 Å². The molecule has 1 saturated heterocycles. The van der Waals surface area contributed by atoms with Gasteiger partial charge in [-0.15, -0.1) is 10.2 Å². The van der Waals surface area contributed by atoms with E-state index in [2.05, 4.69) is 20.4 Å². The highest BCUT2D eigenvalue weighted by atomic mass is 16.5. The van der Waals surface area contributed by atoms with E-state index in [4.69, 9.17) is 4.74 Å². The lowest BCUT2D eigenvalue weighted by molar-refractivity contribution is -0.129. The fourth-order valence-electron chi connectivity index (χ4n) is 2.86. The average molecular weight is 329 g/mol. The molecule has 1 aromatic heterocycles. The molecule has 1 amide bonds. The number of carbonyl (C=O) groups excluding carboxylic acids is 1. The second kappa shape index (κ2) is 7.55. The Morgan fingerprint density at radius 1 is 1.42 bits per heavy atom. The molecule has 7 nitrogen and oxygen atoms in total. The number of nitrogens with zero attached hydrogens (tertiary/aromatic N) is 4. The third-order valence-corrected chi connectivity index (χ3v) is 4.37. The SMILES string of the molecule is C[C@@H](C(=O)NCc1ccccc1)N1CCO[C@@H](c2nncn2C)C1. The van der Waals surface area contributed by atoms with Crippen LogP contribution in [-0.2, 0) is 23.1 Å². The van der Waals surface area contributed by atoms with Crippen LogP contribution < -0.4 is 5.32 Å². The van der Waals surface area contributed by atoms with Crippen LogP contribution in [-0.4, -0.2) is 51.3 Å². The van der Waals surface area contributed by atoms with Crippen molar-refractivity contribution in [3.05, 3.63) is 48.0 Å². The van der Waals surface area contributed by atoms with Crippen LogP contribution in [0.5, 0.6) is 0 Å². The van der Waals surface area contributed by atoms with E-state index in [1.807, 2.05) is 48.9 Å². The maximum atomic E-state index is 12.4. The Kier molecular flexibility index (Phi) is 5.22. The Bertz CT molecular complexity index is 673. The molecule has 0 saturated carbocycles. The number of hydrogen-bond donors (Lipinski definition) is 1. The summed E-state index contributed by atoms with van der Waals surface area (Å²) in [5.74, 6) is 0.814. The zero-order valence-corrected chi connectivity index (χ0v) is 14.1. The first-order valence-electron chi connectivity index (χ1n) is 8.16. The first-order chi connectivity index (χ1) is 11.6. The van der Waals surface area contributed by atoms with Crippen molar-refractivity contribution >= 4 is 5.91 Å². The molecule has 3 rings (SSSR count). The van der Waals surface area contributed by atoms with Crippen LogP contribution in [0.1, 0.15) is 24.4 Å². The summed E-state index contributed by atoms with van der Waals surface area (Å²) in [6.45, 7) is 4.41. The number of carbonyl (C=O) groups is 1. The number of hydrogen-bond acceptors (Lipinski definition) is 5. The summed E-state index contributed by atoms with van der Waals surface area (Å²) >= 11 is 0. The van der Waals surface area contributed by atoms with Crippen LogP contribution >= 0.6 is 0 Å². The third kappa shape index (κ3) is 3.80. The van der Waals surface area contributed by atoms with Gasteiger partial charge in [0.15, 0.2) is 5.82 Å². The molecule has 128 valence electrons. The lowest BCUT2D eigenvalue weighted by Gasteiger charge is -2.35. The molecule has 2 heterocycles. The molecule has 0 unspecified atom stereocenters. The van der Waals surface area contributed by atoms with Gasteiger partial charge in [0.2, 0.25) is 5.91 Å². The van der Waals surface area contributed by atoms with Crippen molar-refractivity contribution in [3.63, 3.8) is 0 Å². The van der Waals surface area contributed by atoms with Gasteiger partial charge in [-0.3, -0.25) is 9.69 Å². The largest absolute Gasteiger partial charge is 0.368 e. The monoisotopic (exact) mass is 329 g/mol. The predicted octanol–water partition coefficient (Wildman–Crippen LogP) is 0.893. The van der Waals surface area contributed by atoms with Gasteiger partial charge in [0.1, 0.15) is 12.4 Å². The van der Waals surface area contributed by atoms with Crippen molar-refractivity contribution in [2.45, 2.75) is 25.6 Å². The molecule has 1 aliphatic heterocycles. The second-order valence-corrected chi connectivity index (χ2v) is 6.03. The second-order valence-electron chi connectivity index (χ2n) is 6.03. The van der Waals surface area contributed by atoms with Gasteiger partial charge >= 0.3 is 0 Å². The van der Waals surface area contributed by atoms with E-state index in [0.29, 0.717) is 19.7 Å². The number of rotatable bonds is 5. The number of ether oxygens (including phenoxy) is 1. The molecule has 1 N–H and O–H groups in total. The number of benzene rings is 1. The third-order valence-electron chi connectivity index (χ3n) is 4.37. The zero-order chi connectivity index (χ0) is 16.9. The number of aromatic nitrogens is 3. The maximum Gasteiger partial charge on any atom is 0.237 e. The van der Waals surface area contributed by atoms with E-state index in [0.717, 1.165) is 17.9 Å². The van der Waals surface area contributed by atoms with Crippen LogP contribution in [0.4, 0.5) is 0 Å². The molecule has 0 aliphatic carbocycles. The molecule has 0 spiro atoms. The quantitative estimate of drug-likeness (QED) is 0.882. The topological polar surface area (TPSA) is 72.3 Å². The Balaban J connectivity index is 1.56. The van der Waals surface area contributed by atoms with Gasteiger partial charge in [0.25, 0.3) is 0 Å². The minimum Gasteiger partial charge on any atom is -0.368 e. The molecule has 1 fully saturated rings. The van der Waals surface area contributed by atoms with Crippen LogP contribution in [0.25, 0.3) is 0 Å². The molecule has 1 aromatic carbocycles. The summed E-state index contributed by atoms with van der Waals surface area (Å²) in [6, 6.07) is 9.70. The number of morpholine rings is 1. The number of nitrogens with one attached hydrogen (secondary N) is 1. The zero-order valence-electron chi connectivity index (χ0n) is 14.1. The summed E-state index contributed by atoms with van der Waals surface area (Å²) in [6.07, 6.45) is 1.50. The molecule has 2 aromatic rings. The first-order valence-corrected chi connectivity index (χ1v) is 8.16. The summed E-state index contributed by atoms with van der Waals surface area (Å²) in [5.41, 5.74) is 1.09. The Morgan fingerprint density at radius 2 is 2.21 bits per heavy atom. The summed E-state index contributed by atoms with van der Waals surface area (Å²) in [7, 11) is 1.90. The highest BCUT2D eigenvalue weighted by molar-refractivity contribution is 5.81. The number of aryl methyl sites for hydroxylation is 1. The highest BCUT2D eigenvalue weighted by Crippen LogP contribution is 2.21. The van der Waals surface area contributed by atoms with E-state index in [1.165, 1.54) is 0 Å². The Morgan fingerprint density at radius 3 is 2.92 bits per heavy atom. The lowest BCUT2D eigenvalue weighted by atomic mass is 10.1. The van der Waals surface area contributed by atoms with Crippen LogP contribution in [0.15, 0.2) is 36.7 Å². The van der Waals surface area contributed by atoms with E-state index < -0.39 is 0 Å². The fraction of sp³-hybridized carbons (Fsp3) is 0.471. The normalized spacial score (nSPS) is 19.8. The van der Waals surface area contributed by atoms with Gasteiger partial charge in [0, 0.05) is 26.7 Å². The average Bonchev–Trinajstić information content (AvgIpc) is 3.06. The first kappa shape index (κ1) is 16.6. The van der Waals surface area contributed by atoms with Gasteiger partial charge in [-0.05, 0) is 12.5 Å². The van der Waals surface area contributed by atoms with Gasteiger partial charge < -0.3 is 14.6 Å². The molecule has 0 bridgehead atoms. The standard InChI is InChI=1S/C17H23N5O2/c1-13(17(23)18-10-14-6-4-3-5-7-14)22-8-9-24-15(11-22)16-20-19-12-21(16)2/h3-7,12-13,15H,8-11H2,1-2H3,(H,18,23)/t13-,15+/m0/s1. The molecular formula is C17H23N5O2. The minimum absolute atomic E-state index is 0.0254. The van der Waals surface area contributed by atoms with Crippen molar-refractivity contribution in [2.75, 3.05) is 19.7 Å². The maximum absolute atomic E-state index is 12.4. The van der Waals surface area contributed by atoms with Gasteiger partial charge in [-0.2, -0.15) is 0 Å². The lowest BCUT2D eigenvalue weighted by Crippen LogP contribution is -2.50. The molecular weight excluding hydrogens is 306 g/mol. The van der Waals surface area contributed by atoms with Crippen LogP contribution in [0.3, 0.4) is 0 Å². The molecule has 24 heavy (non-hydrogen) atoms. The van der Waals surface area contributed by atoms with E-state index in [9.17, 15) is 4.79 Å². The summed E-state index contributed by atoms with van der Waals surface area (Å²) in [5, 5.41) is 11.0. The van der Waals surface area contributed by atoms with Crippen LogP contribution in [0, 0.1) is 0 Å². The molecule has 2 atom stereocenters. The van der Waals surface area contributed by atoms with Gasteiger partial charge in [0.05, 0.1) is 12.6 Å². The smallest absolute Gasteiger partial charge is 0.237 e. The molecule has 0 radical (unpaired) electrons. The number of amides is 1. The highest BCUT2D eigenvalue weighted by Gasteiger charge is 2.30. The Labute approximate surface area is 141 Å². The molecule has 1 aliphatic rings. The summed E-state index contributed by atoms with van der Waals surface area (Å²) in [4.78, 5) is 14.6. The van der Waals surface area contributed by atoms with Crippen LogP contribution in [0.2, 0.25) is 0 Å². The van der Waals surface area contributed by atoms with E-state index in [-0.39, 0.29) is 18.1 Å². The van der Waals surface area contributed by atoms with Crippen molar-refractivity contribution in [1.82, 2.24) is 25.0 Å². The van der Waals surface area contributed by atoms with Gasteiger partial charge in [-0.1, -0.05) is 30.3 Å².